The fourth-order valence-corrected chi connectivity index (χ4v) is 11.2. The minimum Gasteiger partial charge on any atom is -0.457 e. The molecule has 1 atom stereocenters. The Hall–Kier alpha value is -9.44. The average Bonchev–Trinajstić information content (AvgIpc) is 3.95. The molecule has 0 fully saturated rings. The van der Waals surface area contributed by atoms with E-state index in [0.29, 0.717) is 0 Å². The monoisotopic (exact) mass is 920 g/mol. The fraction of sp³-hybridized carbons (Fsp3) is 0.0145. The van der Waals surface area contributed by atoms with Gasteiger partial charge >= 0.3 is 0 Å². The second-order valence-electron chi connectivity index (χ2n) is 18.5. The van der Waals surface area contributed by atoms with Crippen molar-refractivity contribution in [2.75, 3.05) is 4.90 Å². The van der Waals surface area contributed by atoms with Crippen LogP contribution >= 0.6 is 0 Å². The second-order valence-corrected chi connectivity index (χ2v) is 18.5. The molecule has 72 heavy (non-hydrogen) atoms. The van der Waals surface area contributed by atoms with Crippen LogP contribution in [-0.4, -0.2) is 4.57 Å². The Kier molecular flexibility index (Phi) is 10.6. The molecule has 1 unspecified atom stereocenters. The first kappa shape index (κ1) is 42.6. The van der Waals surface area contributed by atoms with Crippen LogP contribution in [0, 0.1) is 0 Å². The zero-order valence-corrected chi connectivity index (χ0v) is 39.6. The molecule has 0 saturated carbocycles. The summed E-state index contributed by atoms with van der Waals surface area (Å²) in [5, 5.41) is 2.47. The number of para-hydroxylation sites is 2. The summed E-state index contributed by atoms with van der Waals surface area (Å²) >= 11 is 0. The molecule has 1 heterocycles. The van der Waals surface area contributed by atoms with Crippen LogP contribution in [0.4, 0.5) is 17.1 Å². The number of ether oxygens (including phenoxy) is 1. The standard InChI is InChI=1S/C69H48N2O/c1-2-48-29-39-59(40-30-48)72-60-41-34-54(35-42-60)69(53-20-8-4-9-21-53)65-27-14-12-25-61(65)62-43-38-58(47-66(62)69)70(57-24-16-19-51(45-57)49-17-6-3-7-18-49)56-36-31-50(32-37-56)52-33-44-68-64(46-52)63-26-13-15-28-67(63)71(68)55-22-10-5-11-23-55/h2-47H,1H2. The Morgan fingerprint density at radius 1 is 0.375 bits per heavy atom. The molecule has 13 rings (SSSR count). The van der Waals surface area contributed by atoms with Crippen molar-refractivity contribution in [1.82, 2.24) is 4.57 Å². The molecule has 0 aliphatic heterocycles. The highest BCUT2D eigenvalue weighted by Gasteiger charge is 2.46. The molecule has 3 heteroatoms. The summed E-state index contributed by atoms with van der Waals surface area (Å²) in [6, 6.07) is 98.6. The fourth-order valence-electron chi connectivity index (χ4n) is 11.2. The van der Waals surface area contributed by atoms with E-state index in [1.54, 1.807) is 0 Å². The summed E-state index contributed by atoms with van der Waals surface area (Å²) in [5.41, 5.74) is 19.1. The van der Waals surface area contributed by atoms with E-state index < -0.39 is 5.41 Å². The van der Waals surface area contributed by atoms with Gasteiger partial charge in [-0.1, -0.05) is 195 Å². The van der Waals surface area contributed by atoms with Crippen molar-refractivity contribution in [1.29, 1.82) is 0 Å². The van der Waals surface area contributed by atoms with Gasteiger partial charge in [-0.05, 0) is 152 Å². The number of hydrogen-bond acceptors (Lipinski definition) is 2. The zero-order chi connectivity index (χ0) is 48.0. The SMILES string of the molecule is C=Cc1ccc(Oc2ccc(C3(c4ccccc4)c4ccccc4-c4ccc(N(c5ccc(-c6ccc7c(c6)c6ccccc6n7-c6ccccc6)cc5)c5cccc(-c6ccccc6)c5)cc43)cc2)cc1. The number of benzene rings is 11. The molecule has 12 aromatic rings. The molecule has 11 aromatic carbocycles. The number of hydrogen-bond donors (Lipinski definition) is 0. The molecular weight excluding hydrogens is 873 g/mol. The minimum atomic E-state index is -0.628. The van der Waals surface area contributed by atoms with Crippen LogP contribution < -0.4 is 9.64 Å². The van der Waals surface area contributed by atoms with E-state index in [9.17, 15) is 0 Å². The van der Waals surface area contributed by atoms with Crippen LogP contribution in [0.25, 0.3) is 66.9 Å². The van der Waals surface area contributed by atoms with Gasteiger partial charge in [-0.25, -0.2) is 0 Å². The van der Waals surface area contributed by atoms with Crippen LogP contribution in [0.3, 0.4) is 0 Å². The van der Waals surface area contributed by atoms with Crippen LogP contribution in [0.1, 0.15) is 27.8 Å². The van der Waals surface area contributed by atoms with Crippen LogP contribution in [0.2, 0.25) is 0 Å². The van der Waals surface area contributed by atoms with Gasteiger partial charge in [-0.15, -0.1) is 0 Å². The largest absolute Gasteiger partial charge is 0.457 e. The van der Waals surface area contributed by atoms with Gasteiger partial charge in [-0.3, -0.25) is 0 Å². The van der Waals surface area contributed by atoms with Gasteiger partial charge in [0.15, 0.2) is 0 Å². The second kappa shape index (κ2) is 17.8. The third-order valence-electron chi connectivity index (χ3n) is 14.5. The molecule has 0 N–H and O–H groups in total. The molecule has 0 radical (unpaired) electrons. The highest BCUT2D eigenvalue weighted by molar-refractivity contribution is 6.10. The lowest BCUT2D eigenvalue weighted by Gasteiger charge is -2.35. The van der Waals surface area contributed by atoms with Crippen molar-refractivity contribution in [3.8, 4) is 50.6 Å². The van der Waals surface area contributed by atoms with Crippen molar-refractivity contribution in [2.45, 2.75) is 5.41 Å². The van der Waals surface area contributed by atoms with Crippen LogP contribution in [0.5, 0.6) is 11.5 Å². The van der Waals surface area contributed by atoms with E-state index in [1.165, 1.54) is 60.8 Å². The van der Waals surface area contributed by atoms with Gasteiger partial charge in [0.1, 0.15) is 11.5 Å². The maximum Gasteiger partial charge on any atom is 0.127 e. The topological polar surface area (TPSA) is 17.4 Å². The van der Waals surface area contributed by atoms with E-state index >= 15 is 0 Å². The maximum absolute atomic E-state index is 6.41. The Bertz CT molecular complexity index is 3930. The normalized spacial score (nSPS) is 13.7. The van der Waals surface area contributed by atoms with Gasteiger partial charge < -0.3 is 14.2 Å². The van der Waals surface area contributed by atoms with Crippen molar-refractivity contribution in [2.24, 2.45) is 0 Å². The van der Waals surface area contributed by atoms with Crippen molar-refractivity contribution in [3.63, 3.8) is 0 Å². The molecule has 0 saturated heterocycles. The number of aromatic nitrogens is 1. The van der Waals surface area contributed by atoms with E-state index in [0.717, 1.165) is 56.5 Å². The summed E-state index contributed by atoms with van der Waals surface area (Å²) in [6.45, 7) is 3.91. The quantitative estimate of drug-likeness (QED) is 0.129. The average molecular weight is 921 g/mol. The highest BCUT2D eigenvalue weighted by atomic mass is 16.5. The maximum atomic E-state index is 6.41. The van der Waals surface area contributed by atoms with Gasteiger partial charge in [0.25, 0.3) is 0 Å². The van der Waals surface area contributed by atoms with Crippen LogP contribution in [-0.2, 0) is 5.41 Å². The first-order valence-electron chi connectivity index (χ1n) is 24.6. The predicted molar refractivity (Wildman–Crippen MR) is 300 cm³/mol. The number of rotatable bonds is 11. The van der Waals surface area contributed by atoms with Crippen LogP contribution in [0.15, 0.2) is 280 Å². The first-order valence-corrected chi connectivity index (χ1v) is 24.6. The Labute approximate surface area is 420 Å². The van der Waals surface area contributed by atoms with Gasteiger partial charge in [0.05, 0.1) is 16.4 Å². The molecular formula is C69H48N2O. The minimum absolute atomic E-state index is 0.628. The van der Waals surface area contributed by atoms with Gasteiger partial charge in [0, 0.05) is 33.5 Å². The van der Waals surface area contributed by atoms with E-state index in [4.69, 9.17) is 4.74 Å². The molecule has 3 nitrogen and oxygen atoms in total. The molecule has 0 amide bonds. The third kappa shape index (κ3) is 7.21. The summed E-state index contributed by atoms with van der Waals surface area (Å²) in [6.07, 6.45) is 1.84. The van der Waals surface area contributed by atoms with Crippen molar-refractivity contribution >= 4 is 44.9 Å². The smallest absolute Gasteiger partial charge is 0.127 e. The van der Waals surface area contributed by atoms with E-state index in [1.807, 2.05) is 30.3 Å². The van der Waals surface area contributed by atoms with E-state index in [-0.39, 0.29) is 0 Å². The third-order valence-corrected chi connectivity index (χ3v) is 14.5. The van der Waals surface area contributed by atoms with Crippen molar-refractivity contribution in [3.05, 3.63) is 307 Å². The lowest BCUT2D eigenvalue weighted by atomic mass is 9.67. The van der Waals surface area contributed by atoms with Gasteiger partial charge in [-0.2, -0.15) is 0 Å². The summed E-state index contributed by atoms with van der Waals surface area (Å²) in [7, 11) is 0. The predicted octanol–water partition coefficient (Wildman–Crippen LogP) is 18.4. The first-order chi connectivity index (χ1) is 35.6. The molecule has 340 valence electrons. The Morgan fingerprint density at radius 3 is 1.69 bits per heavy atom. The molecule has 1 aliphatic rings. The number of anilines is 3. The summed E-state index contributed by atoms with van der Waals surface area (Å²) in [4.78, 5) is 2.42. The van der Waals surface area contributed by atoms with Gasteiger partial charge in [0.2, 0.25) is 0 Å². The molecule has 0 spiro atoms. The molecule has 1 aliphatic carbocycles. The molecule has 1 aromatic heterocycles. The van der Waals surface area contributed by atoms with Crippen molar-refractivity contribution < 1.29 is 4.74 Å². The summed E-state index contributed by atoms with van der Waals surface area (Å²) < 4.78 is 8.78. The highest BCUT2D eigenvalue weighted by Crippen LogP contribution is 2.57. The van der Waals surface area contributed by atoms with E-state index in [2.05, 4.69) is 265 Å². The molecule has 0 bridgehead atoms. The zero-order valence-electron chi connectivity index (χ0n) is 39.6. The Morgan fingerprint density at radius 2 is 0.931 bits per heavy atom. The lowest BCUT2D eigenvalue weighted by molar-refractivity contribution is 0.482. The Balaban J connectivity index is 0.956. The number of fused-ring (bicyclic) bond motifs is 6. The lowest BCUT2D eigenvalue weighted by Crippen LogP contribution is -2.28. The number of nitrogens with zero attached hydrogens (tertiary/aromatic N) is 2. The summed E-state index contributed by atoms with van der Waals surface area (Å²) in [5.74, 6) is 1.56.